The summed E-state index contributed by atoms with van der Waals surface area (Å²) < 4.78 is 4.65. The van der Waals surface area contributed by atoms with Crippen LogP contribution in [0, 0.1) is 0 Å². The van der Waals surface area contributed by atoms with Gasteiger partial charge in [0.15, 0.2) is 6.40 Å². The van der Waals surface area contributed by atoms with Crippen LogP contribution in [-0.4, -0.2) is 43.7 Å². The molecule has 0 atom stereocenters. The molecular weight excluding hydrogens is 196 g/mol. The van der Waals surface area contributed by atoms with Crippen molar-refractivity contribution in [3.8, 4) is 0 Å². The Morgan fingerprint density at radius 3 is 2.80 bits per heavy atom. The van der Waals surface area contributed by atoms with Gasteiger partial charge in [-0.05, 0) is 13.0 Å². The van der Waals surface area contributed by atoms with Crippen molar-refractivity contribution < 1.29 is 14.6 Å². The third-order valence-corrected chi connectivity index (χ3v) is 1.72. The molecule has 0 saturated heterocycles. The van der Waals surface area contributed by atoms with Crippen molar-refractivity contribution >= 4 is 12.4 Å². The molecule has 0 aliphatic carbocycles. The van der Waals surface area contributed by atoms with Crippen LogP contribution in [0.1, 0.15) is 26.2 Å². The summed E-state index contributed by atoms with van der Waals surface area (Å²) >= 11 is 0. The summed E-state index contributed by atoms with van der Waals surface area (Å²) in [5, 5.41) is 11.0. The first-order chi connectivity index (χ1) is 7.27. The summed E-state index contributed by atoms with van der Waals surface area (Å²) in [6.45, 7) is 4.65. The molecule has 0 unspecified atom stereocenters. The van der Waals surface area contributed by atoms with Gasteiger partial charge < -0.3 is 15.2 Å². The second-order valence-electron chi connectivity index (χ2n) is 3.16. The Bertz CT molecular complexity index is 178. The number of aliphatic carboxylic acids is 1. The molecule has 0 saturated carbocycles. The third-order valence-electron chi connectivity index (χ3n) is 1.72. The van der Waals surface area contributed by atoms with E-state index in [4.69, 9.17) is 5.11 Å². The topological polar surface area (TPSA) is 70.9 Å². The van der Waals surface area contributed by atoms with Gasteiger partial charge in [0.05, 0.1) is 13.1 Å². The number of ether oxygens (including phenoxy) is 1. The number of carboxylic acids is 1. The molecule has 1 aliphatic heterocycles. The zero-order valence-electron chi connectivity index (χ0n) is 9.24. The fourth-order valence-electron chi connectivity index (χ4n) is 0.959. The van der Waals surface area contributed by atoms with Crippen molar-refractivity contribution in [3.63, 3.8) is 0 Å². The smallest absolute Gasteiger partial charge is 0.317 e. The van der Waals surface area contributed by atoms with Crippen LogP contribution < -0.4 is 5.32 Å². The molecule has 1 heterocycles. The normalized spacial score (nSPS) is 12.9. The molecule has 0 aromatic carbocycles. The van der Waals surface area contributed by atoms with E-state index in [-0.39, 0.29) is 6.54 Å². The molecule has 15 heavy (non-hydrogen) atoms. The average Bonchev–Trinajstić information content (AvgIpc) is 2.75. The maximum atomic E-state index is 9.97. The number of carbonyl (C=O) groups is 1. The highest BCUT2D eigenvalue weighted by molar-refractivity contribution is 5.68. The molecular formula is C10H20N2O3. The zero-order valence-corrected chi connectivity index (χ0v) is 9.24. The van der Waals surface area contributed by atoms with Crippen LogP contribution in [0.25, 0.3) is 0 Å². The second-order valence-corrected chi connectivity index (χ2v) is 3.16. The molecule has 0 aromatic rings. The molecule has 2 N–H and O–H groups in total. The van der Waals surface area contributed by atoms with Crippen LogP contribution in [0.15, 0.2) is 4.99 Å². The zero-order chi connectivity index (χ0) is 11.4. The molecule has 5 heteroatoms. The standard InChI is InChI=1S/C7H15NO2.C3H5NO/c1-2-3-4-5-8-6-7(9)10;1-2-5-3-4-1/h8H,2-6H2,1H3,(H,9,10);3H,1-2H2. The molecule has 1 aliphatic rings. The SMILES string of the molecule is C1=NCCO1.CCCCCNCC(=O)O. The third kappa shape index (κ3) is 12.9. The molecule has 1 rings (SSSR count). The fourth-order valence-corrected chi connectivity index (χ4v) is 0.959. The van der Waals surface area contributed by atoms with Crippen molar-refractivity contribution in [2.75, 3.05) is 26.2 Å². The highest BCUT2D eigenvalue weighted by Crippen LogP contribution is 1.90. The lowest BCUT2D eigenvalue weighted by Gasteiger charge is -1.98. The average molecular weight is 216 g/mol. The Balaban J connectivity index is 0.000000322. The number of aliphatic imine (C=N–C) groups is 1. The number of nitrogens with one attached hydrogen (secondary N) is 1. The Morgan fingerprint density at radius 2 is 2.40 bits per heavy atom. The van der Waals surface area contributed by atoms with Gasteiger partial charge in [-0.15, -0.1) is 0 Å². The summed E-state index contributed by atoms with van der Waals surface area (Å²) in [6, 6.07) is 0. The maximum Gasteiger partial charge on any atom is 0.317 e. The van der Waals surface area contributed by atoms with Crippen molar-refractivity contribution in [1.29, 1.82) is 0 Å². The van der Waals surface area contributed by atoms with E-state index in [1.807, 2.05) is 0 Å². The molecule has 0 amide bonds. The molecule has 0 spiro atoms. The number of nitrogens with zero attached hydrogens (tertiary/aromatic N) is 1. The summed E-state index contributed by atoms with van der Waals surface area (Å²) in [6.07, 6.45) is 4.91. The molecule has 88 valence electrons. The van der Waals surface area contributed by atoms with E-state index in [0.29, 0.717) is 0 Å². The van der Waals surface area contributed by atoms with E-state index < -0.39 is 5.97 Å². The molecule has 0 fully saturated rings. The van der Waals surface area contributed by atoms with Gasteiger partial charge in [0.1, 0.15) is 6.61 Å². The minimum atomic E-state index is -0.781. The van der Waals surface area contributed by atoms with Gasteiger partial charge in [-0.3, -0.25) is 9.79 Å². The van der Waals surface area contributed by atoms with E-state index in [0.717, 1.165) is 26.1 Å². The van der Waals surface area contributed by atoms with Crippen LogP contribution >= 0.6 is 0 Å². The van der Waals surface area contributed by atoms with E-state index in [1.165, 1.54) is 19.2 Å². The van der Waals surface area contributed by atoms with Gasteiger partial charge in [0, 0.05) is 0 Å². The van der Waals surface area contributed by atoms with Gasteiger partial charge in [-0.2, -0.15) is 0 Å². The first-order valence-electron chi connectivity index (χ1n) is 5.29. The number of rotatable bonds is 6. The summed E-state index contributed by atoms with van der Waals surface area (Å²) in [7, 11) is 0. The summed E-state index contributed by atoms with van der Waals surface area (Å²) in [5.41, 5.74) is 0. The largest absolute Gasteiger partial charge is 0.482 e. The van der Waals surface area contributed by atoms with Crippen LogP contribution in [0.5, 0.6) is 0 Å². The number of hydrogen-bond donors (Lipinski definition) is 2. The Hall–Kier alpha value is -1.10. The van der Waals surface area contributed by atoms with Crippen LogP contribution in [0.3, 0.4) is 0 Å². The number of unbranched alkanes of at least 4 members (excludes halogenated alkanes) is 2. The van der Waals surface area contributed by atoms with Gasteiger partial charge in [-0.1, -0.05) is 19.8 Å². The van der Waals surface area contributed by atoms with Crippen molar-refractivity contribution in [3.05, 3.63) is 0 Å². The van der Waals surface area contributed by atoms with Crippen molar-refractivity contribution in [2.45, 2.75) is 26.2 Å². The summed E-state index contributed by atoms with van der Waals surface area (Å²) in [4.78, 5) is 13.7. The maximum absolute atomic E-state index is 9.97. The quantitative estimate of drug-likeness (QED) is 0.647. The molecule has 0 aromatic heterocycles. The lowest BCUT2D eigenvalue weighted by Crippen LogP contribution is -2.23. The van der Waals surface area contributed by atoms with Gasteiger partial charge >= 0.3 is 5.97 Å². The molecule has 5 nitrogen and oxygen atoms in total. The van der Waals surface area contributed by atoms with E-state index in [2.05, 4.69) is 22.0 Å². The monoisotopic (exact) mass is 216 g/mol. The lowest BCUT2D eigenvalue weighted by atomic mass is 10.2. The predicted octanol–water partition coefficient (Wildman–Crippen LogP) is 0.896. The Labute approximate surface area is 90.5 Å². The van der Waals surface area contributed by atoms with Gasteiger partial charge in [-0.25, -0.2) is 0 Å². The highest BCUT2D eigenvalue weighted by Gasteiger charge is 1.92. The van der Waals surface area contributed by atoms with E-state index in [1.54, 1.807) is 0 Å². The predicted molar refractivity (Wildman–Crippen MR) is 59.3 cm³/mol. The highest BCUT2D eigenvalue weighted by atomic mass is 16.5. The van der Waals surface area contributed by atoms with E-state index in [9.17, 15) is 4.79 Å². The van der Waals surface area contributed by atoms with Gasteiger partial charge in [0.2, 0.25) is 0 Å². The first kappa shape index (κ1) is 13.9. The number of hydrogen-bond acceptors (Lipinski definition) is 4. The molecule has 0 radical (unpaired) electrons. The minimum absolute atomic E-state index is 0.0870. The van der Waals surface area contributed by atoms with E-state index >= 15 is 0 Å². The van der Waals surface area contributed by atoms with Crippen molar-refractivity contribution in [2.24, 2.45) is 4.99 Å². The van der Waals surface area contributed by atoms with Crippen LogP contribution in [0.4, 0.5) is 0 Å². The van der Waals surface area contributed by atoms with Crippen LogP contribution in [0.2, 0.25) is 0 Å². The number of carboxylic acid groups (broad SMARTS) is 1. The lowest BCUT2D eigenvalue weighted by molar-refractivity contribution is -0.135. The van der Waals surface area contributed by atoms with Crippen LogP contribution in [-0.2, 0) is 9.53 Å². The van der Waals surface area contributed by atoms with Crippen molar-refractivity contribution in [1.82, 2.24) is 5.32 Å². The Kier molecular flexibility index (Phi) is 10.2. The second kappa shape index (κ2) is 11.0. The summed E-state index contributed by atoms with van der Waals surface area (Å²) in [5.74, 6) is -0.781. The minimum Gasteiger partial charge on any atom is -0.482 e. The fraction of sp³-hybridized carbons (Fsp3) is 0.800. The Morgan fingerprint density at radius 1 is 1.60 bits per heavy atom. The van der Waals surface area contributed by atoms with Gasteiger partial charge in [0.25, 0.3) is 0 Å². The first-order valence-corrected chi connectivity index (χ1v) is 5.29. The molecule has 0 bridgehead atoms.